The van der Waals surface area contributed by atoms with Crippen LogP contribution in [0.15, 0.2) is 11.6 Å². The molecular weight excluding hydrogens is 222 g/mol. The molecule has 0 N–H and O–H groups in total. The highest BCUT2D eigenvalue weighted by Gasteiger charge is 2.24. The van der Waals surface area contributed by atoms with Crippen LogP contribution in [0.4, 0.5) is 0 Å². The Hall–Kier alpha value is -0.480. The second kappa shape index (κ2) is 6.97. The third-order valence-electron chi connectivity index (χ3n) is 2.71. The molecule has 0 unspecified atom stereocenters. The Labute approximate surface area is 102 Å². The van der Waals surface area contributed by atoms with Gasteiger partial charge in [0.1, 0.15) is 0 Å². The first-order chi connectivity index (χ1) is 7.63. The van der Waals surface area contributed by atoms with Gasteiger partial charge in [0.2, 0.25) is 0 Å². The summed E-state index contributed by atoms with van der Waals surface area (Å²) in [5.41, 5.74) is 1.33. The van der Waals surface area contributed by atoms with Gasteiger partial charge in [-0.3, -0.25) is 9.69 Å². The van der Waals surface area contributed by atoms with Gasteiger partial charge in [0.05, 0.1) is 13.5 Å². The van der Waals surface area contributed by atoms with Gasteiger partial charge in [0, 0.05) is 30.6 Å². The molecule has 0 radical (unpaired) electrons. The van der Waals surface area contributed by atoms with Crippen molar-refractivity contribution in [3.63, 3.8) is 0 Å². The Balaban J connectivity index is 2.50. The van der Waals surface area contributed by atoms with Crippen LogP contribution in [0.25, 0.3) is 0 Å². The molecule has 4 heteroatoms. The van der Waals surface area contributed by atoms with Crippen LogP contribution in [0.3, 0.4) is 0 Å². The zero-order valence-electron chi connectivity index (χ0n) is 10.4. The van der Waals surface area contributed by atoms with Gasteiger partial charge in [-0.1, -0.05) is 11.6 Å². The molecule has 0 aromatic carbocycles. The number of nitrogens with zero attached hydrogens (tertiary/aromatic N) is 1. The molecule has 3 nitrogen and oxygen atoms in total. The molecule has 0 aromatic heterocycles. The van der Waals surface area contributed by atoms with E-state index in [0.717, 1.165) is 24.6 Å². The summed E-state index contributed by atoms with van der Waals surface area (Å²) in [5.74, 6) is 2.09. The predicted octanol–water partition coefficient (Wildman–Crippen LogP) is 1.93. The quantitative estimate of drug-likeness (QED) is 0.557. The van der Waals surface area contributed by atoms with E-state index in [0.29, 0.717) is 12.5 Å². The van der Waals surface area contributed by atoms with Crippen LogP contribution in [-0.2, 0) is 9.53 Å². The summed E-state index contributed by atoms with van der Waals surface area (Å²) in [5, 5.41) is 0. The third-order valence-corrected chi connectivity index (χ3v) is 3.81. The first kappa shape index (κ1) is 13.6. The van der Waals surface area contributed by atoms with Crippen LogP contribution in [0.2, 0.25) is 0 Å². The predicted molar refractivity (Wildman–Crippen MR) is 68.8 cm³/mol. The molecule has 1 fully saturated rings. The van der Waals surface area contributed by atoms with Crippen LogP contribution in [0, 0.1) is 0 Å². The number of carbonyl (C=O) groups excluding carboxylic acids is 1. The zero-order valence-corrected chi connectivity index (χ0v) is 11.2. The van der Waals surface area contributed by atoms with E-state index in [4.69, 9.17) is 4.74 Å². The number of hydrogen-bond donors (Lipinski definition) is 0. The minimum absolute atomic E-state index is 0.102. The van der Waals surface area contributed by atoms with Crippen LogP contribution in [-0.4, -0.2) is 48.6 Å². The van der Waals surface area contributed by atoms with Crippen LogP contribution in [0.5, 0.6) is 0 Å². The number of hydrogen-bond acceptors (Lipinski definition) is 4. The van der Waals surface area contributed by atoms with Gasteiger partial charge in [-0.25, -0.2) is 0 Å². The van der Waals surface area contributed by atoms with E-state index in [1.165, 1.54) is 12.7 Å². The number of allylic oxidation sites excluding steroid dienone is 1. The molecule has 0 bridgehead atoms. The molecule has 1 rings (SSSR count). The summed E-state index contributed by atoms with van der Waals surface area (Å²) in [6, 6.07) is 0.335. The van der Waals surface area contributed by atoms with Crippen molar-refractivity contribution in [2.24, 2.45) is 0 Å². The molecule has 0 spiro atoms. The van der Waals surface area contributed by atoms with Gasteiger partial charge in [-0.15, -0.1) is 0 Å². The number of rotatable bonds is 4. The van der Waals surface area contributed by atoms with Crippen molar-refractivity contribution in [1.82, 2.24) is 4.90 Å². The van der Waals surface area contributed by atoms with Crippen molar-refractivity contribution in [1.29, 1.82) is 0 Å². The lowest BCUT2D eigenvalue weighted by Gasteiger charge is -2.34. The smallest absolute Gasteiger partial charge is 0.307 e. The van der Waals surface area contributed by atoms with Gasteiger partial charge < -0.3 is 4.74 Å². The standard InChI is InChI=1S/C12H21NO2S/c1-10(2)4-5-13-6-7-16-9-11(13)8-12(14)15-3/h4,11H,5-9H2,1-3H3/t11-/m0/s1. The molecule has 1 atom stereocenters. The van der Waals surface area contributed by atoms with Crippen molar-refractivity contribution in [2.75, 3.05) is 31.7 Å². The Morgan fingerprint density at radius 1 is 1.56 bits per heavy atom. The molecule has 1 aliphatic heterocycles. The van der Waals surface area contributed by atoms with E-state index in [1.807, 2.05) is 11.8 Å². The molecule has 0 aromatic rings. The van der Waals surface area contributed by atoms with Gasteiger partial charge >= 0.3 is 5.97 Å². The normalized spacial score (nSPS) is 21.6. The average Bonchev–Trinajstić information content (AvgIpc) is 2.27. The van der Waals surface area contributed by atoms with Gasteiger partial charge in [0.15, 0.2) is 0 Å². The largest absolute Gasteiger partial charge is 0.469 e. The van der Waals surface area contributed by atoms with E-state index < -0.39 is 0 Å². The van der Waals surface area contributed by atoms with Crippen molar-refractivity contribution >= 4 is 17.7 Å². The summed E-state index contributed by atoms with van der Waals surface area (Å²) in [7, 11) is 1.46. The maximum atomic E-state index is 11.3. The number of ether oxygens (including phenoxy) is 1. The van der Waals surface area contributed by atoms with Gasteiger partial charge in [-0.05, 0) is 13.8 Å². The number of methoxy groups -OCH3 is 1. The highest BCUT2D eigenvalue weighted by atomic mass is 32.2. The van der Waals surface area contributed by atoms with E-state index in [9.17, 15) is 4.79 Å². The van der Waals surface area contributed by atoms with Crippen LogP contribution < -0.4 is 0 Å². The van der Waals surface area contributed by atoms with Gasteiger partial charge in [-0.2, -0.15) is 11.8 Å². The Morgan fingerprint density at radius 3 is 2.94 bits per heavy atom. The van der Waals surface area contributed by atoms with E-state index in [-0.39, 0.29) is 5.97 Å². The Morgan fingerprint density at radius 2 is 2.31 bits per heavy atom. The molecule has 0 amide bonds. The maximum absolute atomic E-state index is 11.3. The first-order valence-electron chi connectivity index (χ1n) is 5.65. The zero-order chi connectivity index (χ0) is 12.0. The Kier molecular flexibility index (Phi) is 5.91. The van der Waals surface area contributed by atoms with Crippen LogP contribution >= 0.6 is 11.8 Å². The summed E-state index contributed by atoms with van der Waals surface area (Å²) in [4.78, 5) is 13.7. The number of carbonyl (C=O) groups is 1. The van der Waals surface area contributed by atoms with Crippen LogP contribution in [0.1, 0.15) is 20.3 Å². The molecule has 1 saturated heterocycles. The fraction of sp³-hybridized carbons (Fsp3) is 0.750. The molecule has 16 heavy (non-hydrogen) atoms. The number of esters is 1. The lowest BCUT2D eigenvalue weighted by Crippen LogP contribution is -2.43. The monoisotopic (exact) mass is 243 g/mol. The molecule has 1 heterocycles. The minimum Gasteiger partial charge on any atom is -0.469 e. The van der Waals surface area contributed by atoms with Crippen molar-refractivity contribution in [3.05, 3.63) is 11.6 Å². The van der Waals surface area contributed by atoms with Crippen molar-refractivity contribution in [3.8, 4) is 0 Å². The SMILES string of the molecule is COC(=O)C[C@H]1CSCCN1CC=C(C)C. The van der Waals surface area contributed by atoms with Gasteiger partial charge in [0.25, 0.3) is 0 Å². The highest BCUT2D eigenvalue weighted by Crippen LogP contribution is 2.19. The molecule has 0 aliphatic carbocycles. The van der Waals surface area contributed by atoms with E-state index >= 15 is 0 Å². The second-order valence-corrected chi connectivity index (χ2v) is 5.44. The highest BCUT2D eigenvalue weighted by molar-refractivity contribution is 7.99. The average molecular weight is 243 g/mol. The minimum atomic E-state index is -0.102. The second-order valence-electron chi connectivity index (χ2n) is 4.29. The lowest BCUT2D eigenvalue weighted by molar-refractivity contribution is -0.141. The molecule has 1 aliphatic rings. The number of thioether (sulfide) groups is 1. The van der Waals surface area contributed by atoms with E-state index in [2.05, 4.69) is 24.8 Å². The lowest BCUT2D eigenvalue weighted by atomic mass is 10.2. The topological polar surface area (TPSA) is 29.5 Å². The third kappa shape index (κ3) is 4.58. The van der Waals surface area contributed by atoms with Crippen molar-refractivity contribution in [2.45, 2.75) is 26.3 Å². The summed E-state index contributed by atoms with van der Waals surface area (Å²) < 4.78 is 4.74. The molecule has 92 valence electrons. The first-order valence-corrected chi connectivity index (χ1v) is 6.81. The fourth-order valence-electron chi connectivity index (χ4n) is 1.69. The maximum Gasteiger partial charge on any atom is 0.307 e. The van der Waals surface area contributed by atoms with E-state index in [1.54, 1.807) is 0 Å². The Bertz CT molecular complexity index is 262. The van der Waals surface area contributed by atoms with Crippen molar-refractivity contribution < 1.29 is 9.53 Å². The fourth-order valence-corrected chi connectivity index (χ4v) is 2.82. The summed E-state index contributed by atoms with van der Waals surface area (Å²) in [6.45, 7) is 6.22. The summed E-state index contributed by atoms with van der Waals surface area (Å²) in [6.07, 6.45) is 2.74. The molecule has 0 saturated carbocycles. The summed E-state index contributed by atoms with van der Waals surface area (Å²) >= 11 is 1.92. The molecular formula is C12H21NO2S.